The molecule has 27 heavy (non-hydrogen) atoms. The zero-order chi connectivity index (χ0) is 19.4. The van der Waals surface area contributed by atoms with E-state index in [2.05, 4.69) is 4.90 Å². The SMILES string of the molecule is COC(=O)c1ccccc1N(C)C(=O)CN1CCC[C@H]1c1cccc(F)c1. The van der Waals surface area contributed by atoms with Crippen molar-refractivity contribution >= 4 is 17.6 Å². The molecule has 1 fully saturated rings. The second-order valence-electron chi connectivity index (χ2n) is 6.64. The number of carbonyl (C=O) groups is 2. The van der Waals surface area contributed by atoms with E-state index in [0.29, 0.717) is 11.3 Å². The molecule has 0 radical (unpaired) electrons. The Balaban J connectivity index is 1.76. The zero-order valence-corrected chi connectivity index (χ0v) is 15.5. The summed E-state index contributed by atoms with van der Waals surface area (Å²) < 4.78 is 18.4. The molecule has 3 rings (SSSR count). The lowest BCUT2D eigenvalue weighted by Crippen LogP contribution is -2.38. The van der Waals surface area contributed by atoms with Gasteiger partial charge in [0.1, 0.15) is 5.82 Å². The molecule has 0 spiro atoms. The van der Waals surface area contributed by atoms with E-state index in [-0.39, 0.29) is 24.3 Å². The molecule has 1 saturated heterocycles. The molecule has 1 atom stereocenters. The fourth-order valence-electron chi connectivity index (χ4n) is 3.57. The molecular formula is C21H23FN2O3. The van der Waals surface area contributed by atoms with Gasteiger partial charge in [-0.3, -0.25) is 9.69 Å². The minimum atomic E-state index is -0.482. The first kappa shape index (κ1) is 19.0. The van der Waals surface area contributed by atoms with Crippen molar-refractivity contribution < 1.29 is 18.7 Å². The number of anilines is 1. The summed E-state index contributed by atoms with van der Waals surface area (Å²) in [5.41, 5.74) is 1.74. The summed E-state index contributed by atoms with van der Waals surface area (Å²) >= 11 is 0. The van der Waals surface area contributed by atoms with Gasteiger partial charge in [-0.1, -0.05) is 24.3 Å². The van der Waals surface area contributed by atoms with Gasteiger partial charge in [0, 0.05) is 13.1 Å². The number of benzene rings is 2. The summed E-state index contributed by atoms with van der Waals surface area (Å²) in [4.78, 5) is 28.4. The van der Waals surface area contributed by atoms with E-state index >= 15 is 0 Å². The third-order valence-electron chi connectivity index (χ3n) is 4.98. The highest BCUT2D eigenvalue weighted by Crippen LogP contribution is 2.32. The normalized spacial score (nSPS) is 16.9. The first-order chi connectivity index (χ1) is 13.0. The van der Waals surface area contributed by atoms with E-state index in [9.17, 15) is 14.0 Å². The number of para-hydroxylation sites is 1. The largest absolute Gasteiger partial charge is 0.465 e. The average Bonchev–Trinajstić information content (AvgIpc) is 3.14. The molecule has 6 heteroatoms. The van der Waals surface area contributed by atoms with Gasteiger partial charge in [-0.05, 0) is 49.2 Å². The maximum absolute atomic E-state index is 13.6. The molecule has 0 bridgehead atoms. The van der Waals surface area contributed by atoms with Gasteiger partial charge in [-0.15, -0.1) is 0 Å². The molecule has 0 aliphatic carbocycles. The van der Waals surface area contributed by atoms with Crippen LogP contribution in [0, 0.1) is 5.82 Å². The summed E-state index contributed by atoms with van der Waals surface area (Å²) in [6.07, 6.45) is 1.84. The summed E-state index contributed by atoms with van der Waals surface area (Å²) in [6, 6.07) is 13.4. The molecule has 1 amide bonds. The van der Waals surface area contributed by atoms with Crippen LogP contribution in [-0.4, -0.2) is 44.0 Å². The van der Waals surface area contributed by atoms with Crippen LogP contribution in [-0.2, 0) is 9.53 Å². The third kappa shape index (κ3) is 4.17. The van der Waals surface area contributed by atoms with Crippen molar-refractivity contribution in [3.8, 4) is 0 Å². The molecule has 2 aromatic carbocycles. The molecule has 0 aromatic heterocycles. The highest BCUT2D eigenvalue weighted by molar-refractivity contribution is 6.02. The number of hydrogen-bond acceptors (Lipinski definition) is 4. The number of rotatable bonds is 5. The molecule has 1 heterocycles. The van der Waals surface area contributed by atoms with Gasteiger partial charge in [0.25, 0.3) is 0 Å². The van der Waals surface area contributed by atoms with Crippen molar-refractivity contribution in [1.29, 1.82) is 0 Å². The molecule has 0 unspecified atom stereocenters. The van der Waals surface area contributed by atoms with Crippen molar-refractivity contribution in [3.05, 3.63) is 65.5 Å². The van der Waals surface area contributed by atoms with E-state index in [1.807, 2.05) is 6.07 Å². The van der Waals surface area contributed by atoms with Crippen LogP contribution in [0.4, 0.5) is 10.1 Å². The number of nitrogens with zero attached hydrogens (tertiary/aromatic N) is 2. The number of ether oxygens (including phenoxy) is 1. The molecule has 5 nitrogen and oxygen atoms in total. The summed E-state index contributed by atoms with van der Waals surface area (Å²) in [6.45, 7) is 0.979. The molecule has 2 aromatic rings. The maximum atomic E-state index is 13.6. The van der Waals surface area contributed by atoms with Crippen molar-refractivity contribution in [2.24, 2.45) is 0 Å². The number of halogens is 1. The number of amides is 1. The molecule has 0 N–H and O–H groups in total. The van der Waals surface area contributed by atoms with Crippen LogP contribution in [0.25, 0.3) is 0 Å². The van der Waals surface area contributed by atoms with Gasteiger partial charge in [-0.2, -0.15) is 0 Å². The number of likely N-dealkylation sites (tertiary alicyclic amines) is 1. The number of likely N-dealkylation sites (N-methyl/N-ethyl adjacent to an activating group) is 1. The molecule has 0 saturated carbocycles. The first-order valence-electron chi connectivity index (χ1n) is 8.94. The van der Waals surface area contributed by atoms with E-state index in [4.69, 9.17) is 4.74 Å². The summed E-state index contributed by atoms with van der Waals surface area (Å²) in [5.74, 6) is -0.881. The van der Waals surface area contributed by atoms with Crippen molar-refractivity contribution in [2.75, 3.05) is 32.1 Å². The maximum Gasteiger partial charge on any atom is 0.339 e. The first-order valence-corrected chi connectivity index (χ1v) is 8.94. The Morgan fingerprint density at radius 1 is 1.22 bits per heavy atom. The van der Waals surface area contributed by atoms with Crippen LogP contribution in [0.15, 0.2) is 48.5 Å². The standard InChI is InChI=1S/C21H23FN2O3/c1-23(19-10-4-3-9-17(19)21(26)27-2)20(25)14-24-12-6-11-18(24)15-7-5-8-16(22)13-15/h3-5,7-10,13,18H,6,11-12,14H2,1-2H3/t18-/m0/s1. The van der Waals surface area contributed by atoms with Gasteiger partial charge in [0.2, 0.25) is 5.91 Å². The Labute approximate surface area is 158 Å². The third-order valence-corrected chi connectivity index (χ3v) is 4.98. The van der Waals surface area contributed by atoms with Crippen molar-refractivity contribution in [3.63, 3.8) is 0 Å². The van der Waals surface area contributed by atoms with Crippen LogP contribution in [0.1, 0.15) is 34.8 Å². The lowest BCUT2D eigenvalue weighted by molar-refractivity contribution is -0.119. The topological polar surface area (TPSA) is 49.9 Å². The predicted molar refractivity (Wildman–Crippen MR) is 101 cm³/mol. The van der Waals surface area contributed by atoms with E-state index in [1.165, 1.54) is 24.1 Å². The van der Waals surface area contributed by atoms with Crippen LogP contribution in [0.5, 0.6) is 0 Å². The zero-order valence-electron chi connectivity index (χ0n) is 15.5. The van der Waals surface area contributed by atoms with Gasteiger partial charge in [-0.25, -0.2) is 9.18 Å². The summed E-state index contributed by atoms with van der Waals surface area (Å²) in [5, 5.41) is 0. The predicted octanol–water partition coefficient (Wildman–Crippen LogP) is 3.41. The molecular weight excluding hydrogens is 347 g/mol. The highest BCUT2D eigenvalue weighted by Gasteiger charge is 2.29. The lowest BCUT2D eigenvalue weighted by Gasteiger charge is -2.27. The minimum Gasteiger partial charge on any atom is -0.465 e. The number of carbonyl (C=O) groups excluding carboxylic acids is 2. The molecule has 142 valence electrons. The minimum absolute atomic E-state index is 0.0221. The molecule has 1 aliphatic rings. The Morgan fingerprint density at radius 3 is 2.74 bits per heavy atom. The number of methoxy groups -OCH3 is 1. The van der Waals surface area contributed by atoms with Gasteiger partial charge >= 0.3 is 5.97 Å². The van der Waals surface area contributed by atoms with Crippen molar-refractivity contribution in [2.45, 2.75) is 18.9 Å². The van der Waals surface area contributed by atoms with Crippen LogP contribution in [0.2, 0.25) is 0 Å². The van der Waals surface area contributed by atoms with Gasteiger partial charge < -0.3 is 9.64 Å². The fraction of sp³-hybridized carbons (Fsp3) is 0.333. The van der Waals surface area contributed by atoms with E-state index in [1.54, 1.807) is 37.4 Å². The van der Waals surface area contributed by atoms with Crippen LogP contribution >= 0.6 is 0 Å². The van der Waals surface area contributed by atoms with Gasteiger partial charge in [0.15, 0.2) is 0 Å². The summed E-state index contributed by atoms with van der Waals surface area (Å²) in [7, 11) is 2.96. The second kappa shape index (κ2) is 8.31. The quantitative estimate of drug-likeness (QED) is 0.757. The average molecular weight is 370 g/mol. The molecule has 1 aliphatic heterocycles. The van der Waals surface area contributed by atoms with Crippen LogP contribution in [0.3, 0.4) is 0 Å². The van der Waals surface area contributed by atoms with Crippen molar-refractivity contribution in [1.82, 2.24) is 4.90 Å². The fourth-order valence-corrected chi connectivity index (χ4v) is 3.57. The highest BCUT2D eigenvalue weighted by atomic mass is 19.1. The number of hydrogen-bond donors (Lipinski definition) is 0. The Morgan fingerprint density at radius 2 is 2.00 bits per heavy atom. The van der Waals surface area contributed by atoms with Gasteiger partial charge in [0.05, 0.1) is 24.9 Å². The van der Waals surface area contributed by atoms with E-state index in [0.717, 1.165) is 24.9 Å². The Bertz CT molecular complexity index is 840. The number of esters is 1. The Kier molecular flexibility index (Phi) is 5.86. The monoisotopic (exact) mass is 370 g/mol. The second-order valence-corrected chi connectivity index (χ2v) is 6.64. The van der Waals surface area contributed by atoms with Crippen LogP contribution < -0.4 is 4.90 Å². The smallest absolute Gasteiger partial charge is 0.339 e. The lowest BCUT2D eigenvalue weighted by atomic mass is 10.0. The van der Waals surface area contributed by atoms with E-state index < -0.39 is 5.97 Å². The Hall–Kier alpha value is -2.73.